The molecule has 1 unspecified atom stereocenters. The molecular formula is C8H17NO3. The van der Waals surface area contributed by atoms with Crippen LogP contribution in [0.4, 0.5) is 0 Å². The molecule has 72 valence electrons. The number of aliphatic carboxylic acids is 1. The fraction of sp³-hybridized carbons (Fsp3) is 0.875. The average molecular weight is 175 g/mol. The Morgan fingerprint density at radius 3 is 2.42 bits per heavy atom. The molecule has 12 heavy (non-hydrogen) atoms. The number of carboxylic acids is 1. The Morgan fingerprint density at radius 1 is 1.50 bits per heavy atom. The minimum absolute atomic E-state index is 0.331. The second-order valence-electron chi connectivity index (χ2n) is 2.75. The van der Waals surface area contributed by atoms with Crippen molar-refractivity contribution in [2.24, 2.45) is 0 Å². The van der Waals surface area contributed by atoms with Gasteiger partial charge in [-0.2, -0.15) is 0 Å². The van der Waals surface area contributed by atoms with Crippen molar-refractivity contribution >= 4 is 5.97 Å². The lowest BCUT2D eigenvalue weighted by Crippen LogP contribution is -2.44. The standard InChI is InChI=1S/C8H17NO3/c1-3-5-9-6(4-2)7(10)8(11)12/h6-7,9-10H,3-5H2,1-2H3,(H,11,12)/t6-,7?/m0/s1. The topological polar surface area (TPSA) is 69.6 Å². The number of aliphatic hydroxyl groups is 1. The van der Waals surface area contributed by atoms with Crippen LogP contribution in [0, 0.1) is 0 Å². The Labute approximate surface area is 72.6 Å². The van der Waals surface area contributed by atoms with Crippen LogP contribution < -0.4 is 5.32 Å². The number of carbonyl (C=O) groups is 1. The highest BCUT2D eigenvalue weighted by Gasteiger charge is 2.22. The molecule has 0 heterocycles. The molecule has 4 nitrogen and oxygen atoms in total. The van der Waals surface area contributed by atoms with E-state index >= 15 is 0 Å². The predicted molar refractivity (Wildman–Crippen MR) is 46.0 cm³/mol. The summed E-state index contributed by atoms with van der Waals surface area (Å²) in [6.45, 7) is 4.58. The SMILES string of the molecule is CCCN[C@@H](CC)C(O)C(=O)O. The van der Waals surface area contributed by atoms with Gasteiger partial charge in [0.1, 0.15) is 0 Å². The van der Waals surface area contributed by atoms with Crippen LogP contribution in [0.1, 0.15) is 26.7 Å². The molecular weight excluding hydrogens is 158 g/mol. The summed E-state index contributed by atoms with van der Waals surface area (Å²) < 4.78 is 0. The Morgan fingerprint density at radius 2 is 2.08 bits per heavy atom. The van der Waals surface area contributed by atoms with Crippen molar-refractivity contribution in [1.82, 2.24) is 5.32 Å². The molecule has 0 rings (SSSR count). The van der Waals surface area contributed by atoms with Crippen LogP contribution in [0.3, 0.4) is 0 Å². The summed E-state index contributed by atoms with van der Waals surface area (Å²) in [5.41, 5.74) is 0. The second-order valence-corrected chi connectivity index (χ2v) is 2.75. The number of rotatable bonds is 6. The molecule has 3 N–H and O–H groups in total. The van der Waals surface area contributed by atoms with Gasteiger partial charge in [-0.1, -0.05) is 13.8 Å². The number of hydrogen-bond donors (Lipinski definition) is 3. The van der Waals surface area contributed by atoms with E-state index in [2.05, 4.69) is 5.32 Å². The largest absolute Gasteiger partial charge is 0.479 e. The van der Waals surface area contributed by atoms with E-state index in [1.807, 2.05) is 13.8 Å². The molecule has 0 aliphatic heterocycles. The number of nitrogens with one attached hydrogen (secondary N) is 1. The molecule has 0 fully saturated rings. The third-order valence-corrected chi connectivity index (χ3v) is 1.73. The molecule has 0 bridgehead atoms. The molecule has 2 atom stereocenters. The molecule has 0 aromatic rings. The maximum Gasteiger partial charge on any atom is 0.334 e. The van der Waals surface area contributed by atoms with Gasteiger partial charge >= 0.3 is 5.97 Å². The first kappa shape index (κ1) is 11.4. The maximum absolute atomic E-state index is 10.4. The summed E-state index contributed by atoms with van der Waals surface area (Å²) in [5, 5.41) is 20.6. The molecule has 0 saturated heterocycles. The Bertz CT molecular complexity index is 138. The Kier molecular flexibility index (Phi) is 5.66. The zero-order valence-electron chi connectivity index (χ0n) is 7.58. The maximum atomic E-state index is 10.4. The van der Waals surface area contributed by atoms with Gasteiger partial charge in [0.15, 0.2) is 6.10 Å². The Balaban J connectivity index is 3.87. The van der Waals surface area contributed by atoms with E-state index < -0.39 is 12.1 Å². The summed E-state index contributed by atoms with van der Waals surface area (Å²) in [5.74, 6) is -1.16. The number of hydrogen-bond acceptors (Lipinski definition) is 3. The average Bonchev–Trinajstić information content (AvgIpc) is 2.05. The molecule has 0 aliphatic carbocycles. The third-order valence-electron chi connectivity index (χ3n) is 1.73. The fourth-order valence-corrected chi connectivity index (χ4v) is 0.981. The van der Waals surface area contributed by atoms with Crippen molar-refractivity contribution < 1.29 is 15.0 Å². The van der Waals surface area contributed by atoms with E-state index in [-0.39, 0.29) is 6.04 Å². The van der Waals surface area contributed by atoms with Gasteiger partial charge in [0.2, 0.25) is 0 Å². The van der Waals surface area contributed by atoms with Gasteiger partial charge in [0.05, 0.1) is 0 Å². The summed E-state index contributed by atoms with van der Waals surface area (Å²) in [4.78, 5) is 10.4. The van der Waals surface area contributed by atoms with E-state index in [0.717, 1.165) is 13.0 Å². The van der Waals surface area contributed by atoms with Crippen LogP contribution >= 0.6 is 0 Å². The summed E-state index contributed by atoms with van der Waals surface area (Å²) in [6.07, 6.45) is 0.262. The van der Waals surface area contributed by atoms with Gasteiger partial charge in [-0.05, 0) is 19.4 Å². The molecule has 0 amide bonds. The highest BCUT2D eigenvalue weighted by atomic mass is 16.4. The third kappa shape index (κ3) is 3.69. The molecule has 4 heteroatoms. The predicted octanol–water partition coefficient (Wildman–Crippen LogP) is 0.210. The van der Waals surface area contributed by atoms with Crippen molar-refractivity contribution in [3.05, 3.63) is 0 Å². The van der Waals surface area contributed by atoms with Crippen molar-refractivity contribution in [2.75, 3.05) is 6.54 Å². The first-order valence-electron chi connectivity index (χ1n) is 4.27. The first-order valence-corrected chi connectivity index (χ1v) is 4.27. The lowest BCUT2D eigenvalue weighted by molar-refractivity contribution is -0.148. The van der Waals surface area contributed by atoms with Crippen LogP contribution in [0.5, 0.6) is 0 Å². The molecule has 0 radical (unpaired) electrons. The zero-order chi connectivity index (χ0) is 9.56. The quantitative estimate of drug-likeness (QED) is 0.539. The molecule has 0 aromatic heterocycles. The van der Waals surface area contributed by atoms with E-state index in [4.69, 9.17) is 10.2 Å². The van der Waals surface area contributed by atoms with Crippen LogP contribution in [0.2, 0.25) is 0 Å². The van der Waals surface area contributed by atoms with Gasteiger partial charge < -0.3 is 15.5 Å². The van der Waals surface area contributed by atoms with Crippen LogP contribution in [-0.4, -0.2) is 34.9 Å². The van der Waals surface area contributed by atoms with Gasteiger partial charge in [0, 0.05) is 6.04 Å². The molecule has 0 spiro atoms. The van der Waals surface area contributed by atoms with Crippen molar-refractivity contribution in [2.45, 2.75) is 38.8 Å². The molecule has 0 saturated carbocycles. The van der Waals surface area contributed by atoms with E-state index in [9.17, 15) is 4.79 Å². The number of carboxylic acid groups (broad SMARTS) is 1. The lowest BCUT2D eigenvalue weighted by atomic mass is 10.1. The van der Waals surface area contributed by atoms with Gasteiger partial charge in [-0.15, -0.1) is 0 Å². The van der Waals surface area contributed by atoms with Crippen LogP contribution in [0.15, 0.2) is 0 Å². The van der Waals surface area contributed by atoms with Crippen LogP contribution in [-0.2, 0) is 4.79 Å². The van der Waals surface area contributed by atoms with Gasteiger partial charge in [0.25, 0.3) is 0 Å². The highest BCUT2D eigenvalue weighted by molar-refractivity contribution is 5.72. The van der Waals surface area contributed by atoms with E-state index in [1.54, 1.807) is 0 Å². The molecule has 0 aromatic carbocycles. The Hall–Kier alpha value is -0.610. The smallest absolute Gasteiger partial charge is 0.334 e. The van der Waals surface area contributed by atoms with Crippen LogP contribution in [0.25, 0.3) is 0 Å². The summed E-state index contributed by atoms with van der Waals surface area (Å²) in [6, 6.07) is -0.331. The zero-order valence-corrected chi connectivity index (χ0v) is 7.58. The monoisotopic (exact) mass is 175 g/mol. The van der Waals surface area contributed by atoms with Gasteiger partial charge in [-0.25, -0.2) is 4.79 Å². The summed E-state index contributed by atoms with van der Waals surface area (Å²) >= 11 is 0. The van der Waals surface area contributed by atoms with E-state index in [1.165, 1.54) is 0 Å². The first-order chi connectivity index (χ1) is 5.63. The van der Waals surface area contributed by atoms with Gasteiger partial charge in [-0.3, -0.25) is 0 Å². The molecule has 0 aliphatic rings. The van der Waals surface area contributed by atoms with Crippen molar-refractivity contribution in [3.8, 4) is 0 Å². The normalized spacial score (nSPS) is 15.6. The lowest BCUT2D eigenvalue weighted by Gasteiger charge is -2.19. The highest BCUT2D eigenvalue weighted by Crippen LogP contribution is 1.98. The van der Waals surface area contributed by atoms with E-state index in [0.29, 0.717) is 6.42 Å². The van der Waals surface area contributed by atoms with Crippen molar-refractivity contribution in [3.63, 3.8) is 0 Å². The minimum atomic E-state index is -1.29. The summed E-state index contributed by atoms with van der Waals surface area (Å²) in [7, 11) is 0. The number of aliphatic hydroxyl groups excluding tert-OH is 1. The minimum Gasteiger partial charge on any atom is -0.479 e. The fourth-order valence-electron chi connectivity index (χ4n) is 0.981. The van der Waals surface area contributed by atoms with Crippen molar-refractivity contribution in [1.29, 1.82) is 0 Å². The second kappa shape index (κ2) is 5.97.